The molecule has 0 bridgehead atoms. The van der Waals surface area contributed by atoms with Gasteiger partial charge in [-0.15, -0.1) is 0 Å². The van der Waals surface area contributed by atoms with Crippen molar-refractivity contribution in [2.24, 2.45) is 0 Å². The van der Waals surface area contributed by atoms with Gasteiger partial charge in [0.2, 0.25) is 0 Å². The largest absolute Gasteiger partial charge is 0.466 e. The minimum absolute atomic E-state index is 0.179. The van der Waals surface area contributed by atoms with E-state index in [4.69, 9.17) is 4.74 Å². The van der Waals surface area contributed by atoms with Crippen LogP contribution in [0.2, 0.25) is 0 Å². The molecule has 1 N–H and O–H groups in total. The minimum Gasteiger partial charge on any atom is -0.466 e. The summed E-state index contributed by atoms with van der Waals surface area (Å²) in [7, 11) is 0. The maximum atomic E-state index is 11.6. The summed E-state index contributed by atoms with van der Waals surface area (Å²) in [6, 6.07) is 12.3. The van der Waals surface area contributed by atoms with E-state index in [2.05, 4.69) is 33.9 Å². The zero-order valence-corrected chi connectivity index (χ0v) is 13.3. The van der Waals surface area contributed by atoms with Crippen molar-refractivity contribution in [2.45, 2.75) is 26.3 Å². The molecular weight excluding hydrogens is 288 g/mol. The van der Waals surface area contributed by atoms with E-state index in [1.807, 2.05) is 37.5 Å². The second-order valence-corrected chi connectivity index (χ2v) is 5.54. The maximum Gasteiger partial charge on any atom is 0.310 e. The molecule has 0 aliphatic heterocycles. The Morgan fingerprint density at radius 3 is 2.96 bits per heavy atom. The first-order valence-corrected chi connectivity index (χ1v) is 7.95. The van der Waals surface area contributed by atoms with E-state index in [1.54, 1.807) is 0 Å². The fraction of sp³-hybridized carbons (Fsp3) is 0.263. The number of hydrogen-bond donors (Lipinski definition) is 1. The van der Waals surface area contributed by atoms with Gasteiger partial charge in [-0.3, -0.25) is 4.79 Å². The monoisotopic (exact) mass is 309 g/mol. The fourth-order valence-corrected chi connectivity index (χ4v) is 2.79. The van der Waals surface area contributed by atoms with Gasteiger partial charge in [0.25, 0.3) is 0 Å². The van der Waals surface area contributed by atoms with Crippen LogP contribution in [-0.2, 0) is 28.9 Å². The second kappa shape index (κ2) is 7.09. The number of ether oxygens (including phenoxy) is 1. The summed E-state index contributed by atoms with van der Waals surface area (Å²) in [5.41, 5.74) is 3.46. The maximum absolute atomic E-state index is 11.6. The van der Waals surface area contributed by atoms with Gasteiger partial charge in [0.05, 0.1) is 13.0 Å². The van der Waals surface area contributed by atoms with Gasteiger partial charge in [0.15, 0.2) is 18.9 Å². The van der Waals surface area contributed by atoms with E-state index in [1.165, 1.54) is 16.5 Å². The predicted molar refractivity (Wildman–Crippen MR) is 89.0 cm³/mol. The number of benzene rings is 1. The molecule has 0 amide bonds. The standard InChI is InChI=1S/C19H21N2O2/c1-2-23-19(22)12-15-6-5-10-21(14-15)11-9-16-13-20-18-8-4-3-7-17(16)18/h3-8,10,13-14,20H,2,9,11-12H2,1H3/q+1. The first-order chi connectivity index (χ1) is 11.3. The van der Waals surface area contributed by atoms with Crippen molar-refractivity contribution in [3.63, 3.8) is 0 Å². The van der Waals surface area contributed by atoms with Crippen molar-refractivity contribution in [2.75, 3.05) is 6.61 Å². The number of H-pyrrole nitrogens is 1. The molecular formula is C19H21N2O2+. The zero-order chi connectivity index (χ0) is 16.1. The summed E-state index contributed by atoms with van der Waals surface area (Å²) >= 11 is 0. The zero-order valence-electron chi connectivity index (χ0n) is 13.3. The van der Waals surface area contributed by atoms with E-state index in [-0.39, 0.29) is 5.97 Å². The minimum atomic E-state index is -0.179. The number of carbonyl (C=O) groups excluding carboxylic acids is 1. The van der Waals surface area contributed by atoms with Crippen LogP contribution in [0.1, 0.15) is 18.1 Å². The molecule has 3 rings (SSSR count). The smallest absolute Gasteiger partial charge is 0.310 e. The molecule has 0 aliphatic carbocycles. The summed E-state index contributed by atoms with van der Waals surface area (Å²) in [5.74, 6) is -0.179. The first kappa shape index (κ1) is 15.3. The molecule has 0 saturated heterocycles. The normalized spacial score (nSPS) is 10.8. The van der Waals surface area contributed by atoms with Gasteiger partial charge in [-0.1, -0.05) is 18.2 Å². The van der Waals surface area contributed by atoms with Crippen LogP contribution in [-0.4, -0.2) is 17.6 Å². The number of aromatic nitrogens is 2. The average molecular weight is 309 g/mol. The van der Waals surface area contributed by atoms with Crippen LogP contribution in [0.5, 0.6) is 0 Å². The van der Waals surface area contributed by atoms with Crippen LogP contribution in [0.3, 0.4) is 0 Å². The summed E-state index contributed by atoms with van der Waals surface area (Å²) in [4.78, 5) is 14.9. The average Bonchev–Trinajstić information content (AvgIpc) is 2.97. The molecule has 0 atom stereocenters. The number of rotatable bonds is 6. The molecule has 0 radical (unpaired) electrons. The van der Waals surface area contributed by atoms with Crippen molar-refractivity contribution in [3.05, 3.63) is 66.1 Å². The number of fused-ring (bicyclic) bond motifs is 1. The van der Waals surface area contributed by atoms with Crippen LogP contribution >= 0.6 is 0 Å². The van der Waals surface area contributed by atoms with Gasteiger partial charge in [-0.05, 0) is 24.6 Å². The third-order valence-electron chi connectivity index (χ3n) is 3.89. The Morgan fingerprint density at radius 1 is 1.22 bits per heavy atom. The van der Waals surface area contributed by atoms with Gasteiger partial charge in [-0.2, -0.15) is 0 Å². The number of hydrogen-bond acceptors (Lipinski definition) is 2. The highest BCUT2D eigenvalue weighted by atomic mass is 16.5. The molecule has 0 fully saturated rings. The SMILES string of the molecule is CCOC(=O)Cc1ccc[n+](CCc2c[nH]c3ccccc23)c1. The molecule has 23 heavy (non-hydrogen) atoms. The predicted octanol–water partition coefficient (Wildman–Crippen LogP) is 2.80. The summed E-state index contributed by atoms with van der Waals surface area (Å²) in [6.45, 7) is 3.12. The molecule has 2 aromatic heterocycles. The number of pyridine rings is 1. The number of aryl methyl sites for hydroxylation is 2. The van der Waals surface area contributed by atoms with Crippen LogP contribution in [0.4, 0.5) is 0 Å². The number of esters is 1. The molecule has 0 spiro atoms. The lowest BCUT2D eigenvalue weighted by molar-refractivity contribution is -0.696. The van der Waals surface area contributed by atoms with E-state index in [0.717, 1.165) is 18.5 Å². The number of aromatic amines is 1. The van der Waals surface area contributed by atoms with E-state index < -0.39 is 0 Å². The lowest BCUT2D eigenvalue weighted by Gasteiger charge is -2.02. The molecule has 0 unspecified atom stereocenters. The number of para-hydroxylation sites is 1. The van der Waals surface area contributed by atoms with Crippen molar-refractivity contribution in [1.29, 1.82) is 0 Å². The molecule has 1 aromatic carbocycles. The Morgan fingerprint density at radius 2 is 2.09 bits per heavy atom. The van der Waals surface area contributed by atoms with E-state index in [0.29, 0.717) is 13.0 Å². The topological polar surface area (TPSA) is 46.0 Å². The highest BCUT2D eigenvalue weighted by Gasteiger charge is 2.10. The summed E-state index contributed by atoms with van der Waals surface area (Å²) in [6.07, 6.45) is 7.39. The lowest BCUT2D eigenvalue weighted by Crippen LogP contribution is -2.34. The number of nitrogens with zero attached hydrogens (tertiary/aromatic N) is 1. The first-order valence-electron chi connectivity index (χ1n) is 7.95. The van der Waals surface area contributed by atoms with Gasteiger partial charge in [0.1, 0.15) is 0 Å². The highest BCUT2D eigenvalue weighted by molar-refractivity contribution is 5.82. The molecule has 2 heterocycles. The quantitative estimate of drug-likeness (QED) is 0.562. The molecule has 118 valence electrons. The molecule has 0 aliphatic rings. The third kappa shape index (κ3) is 3.77. The summed E-state index contributed by atoms with van der Waals surface area (Å²) in [5, 5.41) is 1.27. The van der Waals surface area contributed by atoms with Crippen molar-refractivity contribution < 1.29 is 14.1 Å². The van der Waals surface area contributed by atoms with Crippen LogP contribution in [0, 0.1) is 0 Å². The highest BCUT2D eigenvalue weighted by Crippen LogP contribution is 2.17. The number of nitrogens with one attached hydrogen (secondary N) is 1. The Labute approximate surface area is 135 Å². The Balaban J connectivity index is 1.67. The molecule has 3 aromatic rings. The van der Waals surface area contributed by atoms with Crippen LogP contribution in [0.25, 0.3) is 10.9 Å². The Kier molecular flexibility index (Phi) is 4.71. The lowest BCUT2D eigenvalue weighted by atomic mass is 10.1. The Hall–Kier alpha value is -2.62. The molecule has 4 heteroatoms. The number of carbonyl (C=O) groups is 1. The second-order valence-electron chi connectivity index (χ2n) is 5.54. The van der Waals surface area contributed by atoms with Crippen molar-refractivity contribution >= 4 is 16.9 Å². The molecule has 4 nitrogen and oxygen atoms in total. The van der Waals surface area contributed by atoms with Gasteiger partial charge in [0, 0.05) is 35.2 Å². The Bertz CT molecular complexity index is 808. The van der Waals surface area contributed by atoms with Crippen LogP contribution in [0.15, 0.2) is 55.0 Å². The fourth-order valence-electron chi connectivity index (χ4n) is 2.79. The summed E-state index contributed by atoms with van der Waals surface area (Å²) < 4.78 is 7.12. The van der Waals surface area contributed by atoms with E-state index in [9.17, 15) is 4.79 Å². The third-order valence-corrected chi connectivity index (χ3v) is 3.89. The van der Waals surface area contributed by atoms with Crippen molar-refractivity contribution in [1.82, 2.24) is 4.98 Å². The van der Waals surface area contributed by atoms with Gasteiger partial charge < -0.3 is 9.72 Å². The van der Waals surface area contributed by atoms with Gasteiger partial charge in [-0.25, -0.2) is 4.57 Å². The van der Waals surface area contributed by atoms with Crippen molar-refractivity contribution in [3.8, 4) is 0 Å². The van der Waals surface area contributed by atoms with E-state index >= 15 is 0 Å². The van der Waals surface area contributed by atoms with Gasteiger partial charge >= 0.3 is 5.97 Å². The van der Waals surface area contributed by atoms with Crippen LogP contribution < -0.4 is 4.57 Å². The molecule has 0 saturated carbocycles.